The number of rotatable bonds is 3. The third kappa shape index (κ3) is 2.48. The molecule has 1 saturated heterocycles. The Morgan fingerprint density at radius 2 is 1.67 bits per heavy atom. The summed E-state index contributed by atoms with van der Waals surface area (Å²) in [5.74, 6) is 0. The molecular formula is C14H15N3S. The molecule has 1 aliphatic rings. The first-order valence-corrected chi connectivity index (χ1v) is 7.04. The normalized spacial score (nSPS) is 15.0. The second kappa shape index (κ2) is 5.40. The maximum Gasteiger partial charge on any atom is 0.192 e. The minimum Gasteiger partial charge on any atom is -0.371 e. The third-order valence-electron chi connectivity index (χ3n) is 3.06. The Morgan fingerprint density at radius 1 is 0.944 bits per heavy atom. The number of benzene rings is 1. The van der Waals surface area contributed by atoms with Gasteiger partial charge in [0.1, 0.15) is 0 Å². The summed E-state index contributed by atoms with van der Waals surface area (Å²) in [7, 11) is 0. The molecule has 0 bridgehead atoms. The van der Waals surface area contributed by atoms with E-state index in [9.17, 15) is 0 Å². The maximum absolute atomic E-state index is 4.28. The van der Waals surface area contributed by atoms with E-state index in [1.165, 1.54) is 23.4 Å². The number of hydrogen-bond donors (Lipinski definition) is 0. The van der Waals surface area contributed by atoms with Crippen molar-refractivity contribution in [2.24, 2.45) is 0 Å². The highest BCUT2D eigenvalue weighted by Crippen LogP contribution is 2.34. The molecule has 0 radical (unpaired) electrons. The topological polar surface area (TPSA) is 29.0 Å². The largest absolute Gasteiger partial charge is 0.371 e. The van der Waals surface area contributed by atoms with Crippen LogP contribution in [0, 0.1) is 0 Å². The molecule has 1 fully saturated rings. The lowest BCUT2D eigenvalue weighted by Gasteiger charge is -2.20. The van der Waals surface area contributed by atoms with Gasteiger partial charge in [-0.1, -0.05) is 12.1 Å². The fourth-order valence-corrected chi connectivity index (χ4v) is 3.07. The summed E-state index contributed by atoms with van der Waals surface area (Å²) >= 11 is 1.64. The van der Waals surface area contributed by atoms with Gasteiger partial charge in [-0.15, -0.1) is 0 Å². The van der Waals surface area contributed by atoms with Gasteiger partial charge in [0, 0.05) is 30.4 Å². The molecule has 4 heteroatoms. The van der Waals surface area contributed by atoms with Crippen molar-refractivity contribution in [3.05, 3.63) is 42.7 Å². The van der Waals surface area contributed by atoms with Crippen molar-refractivity contribution in [3.8, 4) is 0 Å². The van der Waals surface area contributed by atoms with E-state index in [1.54, 1.807) is 24.2 Å². The van der Waals surface area contributed by atoms with Crippen LogP contribution in [-0.2, 0) is 0 Å². The van der Waals surface area contributed by atoms with Gasteiger partial charge in [0.15, 0.2) is 5.16 Å². The Hall–Kier alpha value is -1.55. The first-order chi connectivity index (χ1) is 8.93. The number of nitrogens with zero attached hydrogens (tertiary/aromatic N) is 3. The van der Waals surface area contributed by atoms with Crippen molar-refractivity contribution in [2.45, 2.75) is 22.9 Å². The third-order valence-corrected chi connectivity index (χ3v) is 4.01. The van der Waals surface area contributed by atoms with Gasteiger partial charge in [-0.25, -0.2) is 9.97 Å². The second-order valence-corrected chi connectivity index (χ2v) is 5.30. The molecule has 1 aromatic carbocycles. The maximum atomic E-state index is 4.28. The van der Waals surface area contributed by atoms with E-state index in [0.29, 0.717) is 0 Å². The van der Waals surface area contributed by atoms with E-state index in [1.807, 2.05) is 6.07 Å². The first kappa shape index (κ1) is 11.5. The average molecular weight is 257 g/mol. The quantitative estimate of drug-likeness (QED) is 0.789. The minimum atomic E-state index is 0.809. The predicted octanol–water partition coefficient (Wildman–Crippen LogP) is 3.23. The monoisotopic (exact) mass is 257 g/mol. The standard InChI is InChI=1S/C14H15N3S/c1-2-7-13(18-14-15-8-5-9-16-14)12(6-1)17-10-3-4-11-17/h1-2,5-9H,3-4,10-11H2. The van der Waals surface area contributed by atoms with Crippen LogP contribution in [0.4, 0.5) is 5.69 Å². The van der Waals surface area contributed by atoms with Crippen molar-refractivity contribution in [3.63, 3.8) is 0 Å². The lowest BCUT2D eigenvalue weighted by atomic mass is 10.3. The van der Waals surface area contributed by atoms with Crippen LogP contribution in [0.3, 0.4) is 0 Å². The fourth-order valence-electron chi connectivity index (χ4n) is 2.20. The molecule has 1 aromatic heterocycles. The second-order valence-electron chi connectivity index (χ2n) is 4.30. The highest BCUT2D eigenvalue weighted by atomic mass is 32.2. The van der Waals surface area contributed by atoms with E-state index in [0.717, 1.165) is 18.2 Å². The molecule has 0 spiro atoms. The smallest absolute Gasteiger partial charge is 0.192 e. The SMILES string of the molecule is c1cnc(Sc2ccccc2N2CCCC2)nc1. The van der Waals surface area contributed by atoms with Crippen molar-refractivity contribution >= 4 is 17.4 Å². The van der Waals surface area contributed by atoms with Crippen molar-refractivity contribution in [2.75, 3.05) is 18.0 Å². The summed E-state index contributed by atoms with van der Waals surface area (Å²) in [4.78, 5) is 12.2. The van der Waals surface area contributed by atoms with Crippen LogP contribution in [0.1, 0.15) is 12.8 Å². The van der Waals surface area contributed by atoms with E-state index in [4.69, 9.17) is 0 Å². The Labute approximate surface area is 111 Å². The molecule has 2 heterocycles. The lowest BCUT2D eigenvalue weighted by Crippen LogP contribution is -2.18. The molecule has 18 heavy (non-hydrogen) atoms. The molecule has 0 atom stereocenters. The van der Waals surface area contributed by atoms with Crippen molar-refractivity contribution in [1.29, 1.82) is 0 Å². The van der Waals surface area contributed by atoms with Crippen molar-refractivity contribution in [1.82, 2.24) is 9.97 Å². The van der Waals surface area contributed by atoms with Crippen LogP contribution in [0.5, 0.6) is 0 Å². The van der Waals surface area contributed by atoms with E-state index in [2.05, 4.69) is 39.1 Å². The number of anilines is 1. The Kier molecular flexibility index (Phi) is 3.46. The van der Waals surface area contributed by atoms with Crippen LogP contribution >= 0.6 is 11.8 Å². The van der Waals surface area contributed by atoms with Gasteiger partial charge < -0.3 is 4.90 Å². The van der Waals surface area contributed by atoms with Crippen LogP contribution in [-0.4, -0.2) is 23.1 Å². The zero-order valence-electron chi connectivity index (χ0n) is 10.1. The minimum absolute atomic E-state index is 0.809. The van der Waals surface area contributed by atoms with Gasteiger partial charge in [-0.3, -0.25) is 0 Å². The summed E-state index contributed by atoms with van der Waals surface area (Å²) in [6, 6.07) is 10.4. The van der Waals surface area contributed by atoms with Gasteiger partial charge in [0.05, 0.1) is 5.69 Å². The van der Waals surface area contributed by atoms with Crippen LogP contribution in [0.15, 0.2) is 52.8 Å². The highest BCUT2D eigenvalue weighted by Gasteiger charge is 2.16. The van der Waals surface area contributed by atoms with Gasteiger partial charge >= 0.3 is 0 Å². The highest BCUT2D eigenvalue weighted by molar-refractivity contribution is 7.99. The van der Waals surface area contributed by atoms with Crippen LogP contribution in [0.25, 0.3) is 0 Å². The number of hydrogen-bond acceptors (Lipinski definition) is 4. The Balaban J connectivity index is 1.87. The summed E-state index contributed by atoms with van der Waals surface area (Å²) in [5, 5.41) is 0.809. The molecule has 1 aliphatic heterocycles. The summed E-state index contributed by atoms with van der Waals surface area (Å²) in [5.41, 5.74) is 1.31. The predicted molar refractivity (Wildman–Crippen MR) is 74.0 cm³/mol. The molecule has 0 N–H and O–H groups in total. The molecule has 0 amide bonds. The Bertz CT molecular complexity index is 509. The van der Waals surface area contributed by atoms with Gasteiger partial charge in [-0.2, -0.15) is 0 Å². The zero-order valence-corrected chi connectivity index (χ0v) is 10.9. The lowest BCUT2D eigenvalue weighted by molar-refractivity contribution is 0.943. The van der Waals surface area contributed by atoms with Gasteiger partial charge in [0.2, 0.25) is 0 Å². The number of aromatic nitrogens is 2. The molecule has 3 rings (SSSR count). The molecule has 92 valence electrons. The molecule has 3 nitrogen and oxygen atoms in total. The van der Waals surface area contributed by atoms with E-state index < -0.39 is 0 Å². The van der Waals surface area contributed by atoms with E-state index in [-0.39, 0.29) is 0 Å². The summed E-state index contributed by atoms with van der Waals surface area (Å²) < 4.78 is 0. The van der Waals surface area contributed by atoms with Gasteiger partial charge in [-0.05, 0) is 42.8 Å². The molecule has 0 unspecified atom stereocenters. The molecule has 0 saturated carbocycles. The first-order valence-electron chi connectivity index (χ1n) is 6.22. The zero-order chi connectivity index (χ0) is 12.2. The van der Waals surface area contributed by atoms with Crippen LogP contribution < -0.4 is 4.90 Å². The summed E-state index contributed by atoms with van der Waals surface area (Å²) in [6.45, 7) is 2.32. The molecule has 0 aliphatic carbocycles. The Morgan fingerprint density at radius 3 is 2.44 bits per heavy atom. The van der Waals surface area contributed by atoms with Crippen molar-refractivity contribution < 1.29 is 0 Å². The van der Waals surface area contributed by atoms with Gasteiger partial charge in [0.25, 0.3) is 0 Å². The van der Waals surface area contributed by atoms with E-state index >= 15 is 0 Å². The fraction of sp³-hybridized carbons (Fsp3) is 0.286. The molecule has 2 aromatic rings. The van der Waals surface area contributed by atoms with Crippen LogP contribution in [0.2, 0.25) is 0 Å². The molecular weight excluding hydrogens is 242 g/mol. The summed E-state index contributed by atoms with van der Waals surface area (Å²) in [6.07, 6.45) is 6.16. The number of para-hydroxylation sites is 1. The average Bonchev–Trinajstić information content (AvgIpc) is 2.94.